The van der Waals surface area contributed by atoms with Gasteiger partial charge in [0.2, 0.25) is 0 Å². The second-order valence-corrected chi connectivity index (χ2v) is 6.23. The summed E-state index contributed by atoms with van der Waals surface area (Å²) in [5, 5.41) is 5.36. The van der Waals surface area contributed by atoms with Crippen LogP contribution in [-0.4, -0.2) is 18.9 Å². The van der Waals surface area contributed by atoms with Gasteiger partial charge in [0.15, 0.2) is 4.75 Å². The molecule has 0 amide bonds. The minimum atomic E-state index is -1.38. The number of hydrogen-bond donors (Lipinski definition) is 1. The molecular weight excluding hydrogens is 278 g/mol. The van der Waals surface area contributed by atoms with Crippen molar-refractivity contribution in [3.05, 3.63) is 22.7 Å². The van der Waals surface area contributed by atoms with Crippen molar-refractivity contribution in [3.63, 3.8) is 0 Å². The van der Waals surface area contributed by atoms with E-state index >= 15 is 0 Å². The van der Waals surface area contributed by atoms with Crippen molar-refractivity contribution >= 4 is 33.4 Å². The largest absolute Gasteiger partial charge is 0.598 e. The third-order valence-corrected chi connectivity index (χ3v) is 3.59. The highest BCUT2D eigenvalue weighted by molar-refractivity contribution is 9.10. The van der Waals surface area contributed by atoms with Crippen LogP contribution >= 0.6 is 15.9 Å². The van der Waals surface area contributed by atoms with Crippen LogP contribution in [0.25, 0.3) is 6.08 Å². The molecular formula is C9H14BrN3OS. The lowest BCUT2D eigenvalue weighted by molar-refractivity contribution is 0.573. The van der Waals surface area contributed by atoms with Gasteiger partial charge in [-0.25, -0.2) is 4.98 Å². The highest BCUT2D eigenvalue weighted by Gasteiger charge is 2.26. The van der Waals surface area contributed by atoms with Crippen LogP contribution < -0.4 is 5.14 Å². The number of hydrogen-bond acceptors (Lipinski definition) is 3. The van der Waals surface area contributed by atoms with Crippen molar-refractivity contribution < 1.29 is 4.55 Å². The lowest BCUT2D eigenvalue weighted by Crippen LogP contribution is -2.35. The van der Waals surface area contributed by atoms with Gasteiger partial charge >= 0.3 is 0 Å². The summed E-state index contributed by atoms with van der Waals surface area (Å²) in [4.78, 5) is 4.23. The molecule has 1 heterocycles. The summed E-state index contributed by atoms with van der Waals surface area (Å²) >= 11 is 1.90. The molecule has 0 fully saturated rings. The van der Waals surface area contributed by atoms with Gasteiger partial charge in [-0.05, 0) is 41.9 Å². The van der Waals surface area contributed by atoms with Gasteiger partial charge in [-0.2, -0.15) is 5.14 Å². The Morgan fingerprint density at radius 3 is 2.67 bits per heavy atom. The Morgan fingerprint density at radius 2 is 2.27 bits per heavy atom. The Bertz CT molecular complexity index is 373. The second kappa shape index (κ2) is 4.69. The fourth-order valence-electron chi connectivity index (χ4n) is 0.940. The third kappa shape index (κ3) is 3.34. The van der Waals surface area contributed by atoms with Gasteiger partial charge in [0.1, 0.15) is 10.4 Å². The molecule has 15 heavy (non-hydrogen) atoms. The van der Waals surface area contributed by atoms with Gasteiger partial charge in [-0.3, -0.25) is 0 Å². The standard InChI is InChI=1S/C9H14BrN3OS/c1-9(2,15(11)14)5-4-8-12-7(10)6-13(8)3/h4-6H,11H2,1-3H3. The van der Waals surface area contributed by atoms with E-state index in [1.165, 1.54) is 0 Å². The van der Waals surface area contributed by atoms with Crippen LogP contribution in [-0.2, 0) is 18.4 Å². The molecule has 0 aliphatic heterocycles. The summed E-state index contributed by atoms with van der Waals surface area (Å²) in [7, 11) is 1.89. The van der Waals surface area contributed by atoms with E-state index in [9.17, 15) is 4.55 Å². The first kappa shape index (κ1) is 12.8. The maximum absolute atomic E-state index is 11.2. The van der Waals surface area contributed by atoms with Crippen LogP contribution in [0.15, 0.2) is 16.9 Å². The maximum Gasteiger partial charge on any atom is 0.157 e. The van der Waals surface area contributed by atoms with Gasteiger partial charge in [-0.15, -0.1) is 0 Å². The third-order valence-electron chi connectivity index (χ3n) is 2.04. The van der Waals surface area contributed by atoms with Crippen molar-refractivity contribution in [2.24, 2.45) is 12.2 Å². The fourth-order valence-corrected chi connectivity index (χ4v) is 1.63. The van der Waals surface area contributed by atoms with Gasteiger partial charge in [0, 0.05) is 24.6 Å². The van der Waals surface area contributed by atoms with Crippen LogP contribution in [0.5, 0.6) is 0 Å². The number of nitrogens with zero attached hydrogens (tertiary/aromatic N) is 2. The van der Waals surface area contributed by atoms with E-state index in [-0.39, 0.29) is 0 Å². The first-order valence-corrected chi connectivity index (χ1v) is 6.38. The van der Waals surface area contributed by atoms with Crippen LogP contribution in [0.4, 0.5) is 0 Å². The molecule has 1 aromatic heterocycles. The van der Waals surface area contributed by atoms with Gasteiger partial charge in [0.05, 0.1) is 0 Å². The lowest BCUT2D eigenvalue weighted by Gasteiger charge is -2.19. The van der Waals surface area contributed by atoms with E-state index in [0.717, 1.165) is 10.4 Å². The predicted octanol–water partition coefficient (Wildman–Crippen LogP) is 1.60. The Balaban J connectivity index is 2.86. The number of aromatic nitrogens is 2. The Kier molecular flexibility index (Phi) is 3.99. The zero-order valence-corrected chi connectivity index (χ0v) is 11.3. The summed E-state index contributed by atoms with van der Waals surface area (Å²) in [6.07, 6.45) is 5.47. The molecule has 0 aromatic carbocycles. The summed E-state index contributed by atoms with van der Waals surface area (Å²) < 4.78 is 13.3. The Labute approximate surface area is 101 Å². The number of rotatable bonds is 3. The number of halogens is 1. The van der Waals surface area contributed by atoms with Crippen molar-refractivity contribution in [2.75, 3.05) is 0 Å². The van der Waals surface area contributed by atoms with E-state index in [4.69, 9.17) is 5.14 Å². The summed E-state index contributed by atoms with van der Waals surface area (Å²) in [6.45, 7) is 3.63. The number of aryl methyl sites for hydroxylation is 1. The van der Waals surface area contributed by atoms with E-state index in [1.54, 1.807) is 6.08 Å². The molecule has 6 heteroatoms. The molecule has 1 aromatic rings. The molecule has 2 N–H and O–H groups in total. The highest BCUT2D eigenvalue weighted by atomic mass is 79.9. The van der Waals surface area contributed by atoms with Crippen molar-refractivity contribution in [3.8, 4) is 0 Å². The Morgan fingerprint density at radius 1 is 1.67 bits per heavy atom. The molecule has 1 rings (SSSR count). The molecule has 0 bridgehead atoms. The highest BCUT2D eigenvalue weighted by Crippen LogP contribution is 2.17. The number of nitrogens with two attached hydrogens (primary N) is 1. The van der Waals surface area contributed by atoms with E-state index < -0.39 is 16.1 Å². The molecule has 4 nitrogen and oxygen atoms in total. The van der Waals surface area contributed by atoms with Gasteiger partial charge in [0.25, 0.3) is 0 Å². The molecule has 0 saturated carbocycles. The van der Waals surface area contributed by atoms with Crippen molar-refractivity contribution in [2.45, 2.75) is 18.6 Å². The first-order chi connectivity index (χ1) is 6.83. The normalized spacial score (nSPS) is 14.8. The monoisotopic (exact) mass is 291 g/mol. The molecule has 1 unspecified atom stereocenters. The fraction of sp³-hybridized carbons (Fsp3) is 0.444. The van der Waals surface area contributed by atoms with E-state index in [2.05, 4.69) is 20.9 Å². The summed E-state index contributed by atoms with van der Waals surface area (Å²) in [6, 6.07) is 0. The van der Waals surface area contributed by atoms with Crippen LogP contribution in [0, 0.1) is 0 Å². The van der Waals surface area contributed by atoms with Crippen molar-refractivity contribution in [1.82, 2.24) is 9.55 Å². The average molecular weight is 292 g/mol. The molecule has 84 valence electrons. The zero-order valence-electron chi connectivity index (χ0n) is 8.90. The molecule has 0 aliphatic rings. The zero-order chi connectivity index (χ0) is 11.6. The summed E-state index contributed by atoms with van der Waals surface area (Å²) in [5.41, 5.74) is 0. The lowest BCUT2D eigenvalue weighted by atomic mass is 10.2. The van der Waals surface area contributed by atoms with E-state index in [1.807, 2.05) is 37.7 Å². The average Bonchev–Trinajstić information content (AvgIpc) is 2.41. The number of imidazole rings is 1. The van der Waals surface area contributed by atoms with E-state index in [0.29, 0.717) is 0 Å². The van der Waals surface area contributed by atoms with Crippen molar-refractivity contribution in [1.29, 1.82) is 0 Å². The molecule has 0 spiro atoms. The minimum Gasteiger partial charge on any atom is -0.598 e. The predicted molar refractivity (Wildman–Crippen MR) is 66.4 cm³/mol. The topological polar surface area (TPSA) is 66.9 Å². The van der Waals surface area contributed by atoms with Crippen LogP contribution in [0.3, 0.4) is 0 Å². The molecule has 0 aliphatic carbocycles. The van der Waals surface area contributed by atoms with Crippen LogP contribution in [0.2, 0.25) is 0 Å². The summed E-state index contributed by atoms with van der Waals surface area (Å²) in [5.74, 6) is 0.792. The minimum absolute atomic E-state index is 0.543. The quantitative estimate of drug-likeness (QED) is 0.860. The molecule has 0 saturated heterocycles. The Hall–Kier alpha value is -0.300. The smallest absolute Gasteiger partial charge is 0.157 e. The second-order valence-electron chi connectivity index (χ2n) is 3.77. The maximum atomic E-state index is 11.2. The first-order valence-electron chi connectivity index (χ1n) is 4.37. The molecule has 1 atom stereocenters. The van der Waals surface area contributed by atoms with Gasteiger partial charge < -0.3 is 9.12 Å². The SMILES string of the molecule is Cn1cc(Br)nc1C=CC(C)(C)[S+](N)[O-]. The van der Waals surface area contributed by atoms with Crippen LogP contribution in [0.1, 0.15) is 19.7 Å². The molecule has 0 radical (unpaired) electrons. The van der Waals surface area contributed by atoms with Gasteiger partial charge in [-0.1, -0.05) is 0 Å².